The maximum atomic E-state index is 13.4. The quantitative estimate of drug-likeness (QED) is 0.483. The van der Waals surface area contributed by atoms with E-state index in [2.05, 4.69) is 5.32 Å². The summed E-state index contributed by atoms with van der Waals surface area (Å²) in [5.41, 5.74) is 0.605. The topological polar surface area (TPSA) is 84.9 Å². The first-order valence-electron chi connectivity index (χ1n) is 9.31. The molecule has 3 rings (SSSR count). The number of sulfonamides is 1. The van der Waals surface area contributed by atoms with E-state index in [4.69, 9.17) is 32.7 Å². The van der Waals surface area contributed by atoms with Crippen molar-refractivity contribution in [3.05, 3.63) is 76.8 Å². The van der Waals surface area contributed by atoms with Crippen LogP contribution < -0.4 is 19.1 Å². The first-order valence-corrected chi connectivity index (χ1v) is 11.5. The number of nitrogens with one attached hydrogen (secondary N) is 1. The zero-order chi connectivity index (χ0) is 23.3. The van der Waals surface area contributed by atoms with Gasteiger partial charge in [0.2, 0.25) is 5.91 Å². The highest BCUT2D eigenvalue weighted by atomic mass is 35.5. The second-order valence-electron chi connectivity index (χ2n) is 6.54. The van der Waals surface area contributed by atoms with Gasteiger partial charge in [-0.3, -0.25) is 9.10 Å². The minimum Gasteiger partial charge on any atom is -0.495 e. The Bertz CT molecular complexity index is 1220. The Morgan fingerprint density at radius 1 is 0.906 bits per heavy atom. The maximum Gasteiger partial charge on any atom is 0.264 e. The Morgan fingerprint density at radius 3 is 2.06 bits per heavy atom. The summed E-state index contributed by atoms with van der Waals surface area (Å²) in [5.74, 6) is 0.258. The summed E-state index contributed by atoms with van der Waals surface area (Å²) < 4.78 is 37.9. The number of hydrogen-bond acceptors (Lipinski definition) is 5. The van der Waals surface area contributed by atoms with E-state index in [0.29, 0.717) is 22.2 Å². The molecule has 0 atom stereocenters. The molecule has 32 heavy (non-hydrogen) atoms. The average molecular weight is 495 g/mol. The van der Waals surface area contributed by atoms with Gasteiger partial charge in [-0.05, 0) is 48.5 Å². The molecule has 1 N–H and O–H groups in total. The first kappa shape index (κ1) is 23.7. The van der Waals surface area contributed by atoms with Crippen LogP contribution in [0.15, 0.2) is 71.6 Å². The molecular weight excluding hydrogens is 475 g/mol. The molecule has 7 nitrogen and oxygen atoms in total. The Morgan fingerprint density at radius 2 is 1.50 bits per heavy atom. The summed E-state index contributed by atoms with van der Waals surface area (Å²) in [6, 6.07) is 17.0. The van der Waals surface area contributed by atoms with Crippen molar-refractivity contribution in [2.45, 2.75) is 4.90 Å². The maximum absolute atomic E-state index is 13.4. The zero-order valence-electron chi connectivity index (χ0n) is 17.2. The SMILES string of the molecule is COc1ccc(NC(=O)CN(c2ccc(OC)c(Cl)c2)S(=O)(=O)c2ccccc2)cc1Cl. The fourth-order valence-electron chi connectivity index (χ4n) is 2.92. The molecule has 0 fully saturated rings. The predicted molar refractivity (Wildman–Crippen MR) is 126 cm³/mol. The van der Waals surface area contributed by atoms with Crippen LogP contribution in [0.4, 0.5) is 11.4 Å². The molecule has 0 saturated carbocycles. The van der Waals surface area contributed by atoms with Crippen molar-refractivity contribution in [3.8, 4) is 11.5 Å². The van der Waals surface area contributed by atoms with Gasteiger partial charge in [0.15, 0.2) is 0 Å². The number of anilines is 2. The number of amides is 1. The summed E-state index contributed by atoms with van der Waals surface area (Å²) in [6.07, 6.45) is 0. The summed E-state index contributed by atoms with van der Waals surface area (Å²) >= 11 is 12.3. The van der Waals surface area contributed by atoms with E-state index in [9.17, 15) is 13.2 Å². The molecule has 0 aliphatic heterocycles. The molecule has 0 radical (unpaired) electrons. The number of carbonyl (C=O) groups is 1. The summed E-state index contributed by atoms with van der Waals surface area (Å²) in [5, 5.41) is 3.17. The lowest BCUT2D eigenvalue weighted by Crippen LogP contribution is -2.38. The lowest BCUT2D eigenvalue weighted by atomic mass is 10.3. The zero-order valence-corrected chi connectivity index (χ0v) is 19.5. The molecule has 10 heteroatoms. The molecule has 0 bridgehead atoms. The molecule has 0 heterocycles. The standard InChI is InChI=1S/C22H20Cl2N2O5S/c1-30-20-10-8-15(12-18(20)23)25-22(27)14-26(16-9-11-21(31-2)19(24)13-16)32(28,29)17-6-4-3-5-7-17/h3-13H,14H2,1-2H3,(H,25,27). The Kier molecular flexibility index (Phi) is 7.50. The van der Waals surface area contributed by atoms with Gasteiger partial charge in [0, 0.05) is 5.69 Å². The van der Waals surface area contributed by atoms with Crippen molar-refractivity contribution in [3.63, 3.8) is 0 Å². The molecule has 0 aliphatic carbocycles. The fraction of sp³-hybridized carbons (Fsp3) is 0.136. The van der Waals surface area contributed by atoms with Gasteiger partial charge in [-0.1, -0.05) is 41.4 Å². The number of carbonyl (C=O) groups excluding carboxylic acids is 1. The third kappa shape index (κ3) is 5.27. The fourth-order valence-corrected chi connectivity index (χ4v) is 4.86. The minimum atomic E-state index is -4.07. The van der Waals surface area contributed by atoms with Gasteiger partial charge < -0.3 is 14.8 Å². The highest BCUT2D eigenvalue weighted by Gasteiger charge is 2.28. The van der Waals surface area contributed by atoms with E-state index < -0.39 is 22.5 Å². The smallest absolute Gasteiger partial charge is 0.264 e. The molecule has 0 aromatic heterocycles. The van der Waals surface area contributed by atoms with Gasteiger partial charge in [-0.2, -0.15) is 0 Å². The third-order valence-electron chi connectivity index (χ3n) is 4.48. The van der Waals surface area contributed by atoms with Crippen LogP contribution in [0.3, 0.4) is 0 Å². The average Bonchev–Trinajstić information content (AvgIpc) is 2.78. The van der Waals surface area contributed by atoms with Crippen molar-refractivity contribution < 1.29 is 22.7 Å². The molecule has 0 unspecified atom stereocenters. The van der Waals surface area contributed by atoms with Crippen LogP contribution in [0.1, 0.15) is 0 Å². The number of ether oxygens (including phenoxy) is 2. The monoisotopic (exact) mass is 494 g/mol. The van der Waals surface area contributed by atoms with Gasteiger partial charge in [0.25, 0.3) is 10.0 Å². The Balaban J connectivity index is 1.95. The van der Waals surface area contributed by atoms with Crippen molar-refractivity contribution in [1.82, 2.24) is 0 Å². The van der Waals surface area contributed by atoms with Crippen molar-refractivity contribution in [1.29, 1.82) is 0 Å². The Labute approximate surface area is 196 Å². The van der Waals surface area contributed by atoms with Crippen LogP contribution in [-0.2, 0) is 14.8 Å². The number of benzene rings is 3. The summed E-state index contributed by atoms with van der Waals surface area (Å²) in [4.78, 5) is 12.8. The molecule has 3 aromatic carbocycles. The number of hydrogen-bond donors (Lipinski definition) is 1. The molecular formula is C22H20Cl2N2O5S. The van der Waals surface area contributed by atoms with Gasteiger partial charge >= 0.3 is 0 Å². The number of rotatable bonds is 8. The van der Waals surface area contributed by atoms with Crippen LogP contribution in [0.5, 0.6) is 11.5 Å². The molecule has 0 saturated heterocycles. The molecule has 0 spiro atoms. The van der Waals surface area contributed by atoms with E-state index in [0.717, 1.165) is 4.31 Å². The van der Waals surface area contributed by atoms with E-state index in [1.54, 1.807) is 30.3 Å². The second kappa shape index (κ2) is 10.1. The third-order valence-corrected chi connectivity index (χ3v) is 6.86. The highest BCUT2D eigenvalue weighted by Crippen LogP contribution is 2.32. The predicted octanol–water partition coefficient (Wildman–Crippen LogP) is 4.84. The van der Waals surface area contributed by atoms with Crippen LogP contribution in [0.2, 0.25) is 10.0 Å². The van der Waals surface area contributed by atoms with Gasteiger partial charge in [0.05, 0.1) is 34.8 Å². The van der Waals surface area contributed by atoms with E-state index in [1.165, 1.54) is 50.6 Å². The minimum absolute atomic E-state index is 0.0345. The Hall–Kier alpha value is -2.94. The van der Waals surface area contributed by atoms with Crippen molar-refractivity contribution >= 4 is 50.5 Å². The van der Waals surface area contributed by atoms with Crippen LogP contribution in [-0.4, -0.2) is 35.1 Å². The van der Waals surface area contributed by atoms with Crippen molar-refractivity contribution in [2.24, 2.45) is 0 Å². The normalized spacial score (nSPS) is 11.0. The van der Waals surface area contributed by atoms with Crippen LogP contribution in [0, 0.1) is 0 Å². The first-order chi connectivity index (χ1) is 15.3. The molecule has 1 amide bonds. The van der Waals surface area contributed by atoms with E-state index in [1.807, 2.05) is 0 Å². The summed E-state index contributed by atoms with van der Waals surface area (Å²) in [7, 11) is -1.14. The summed E-state index contributed by atoms with van der Waals surface area (Å²) in [6.45, 7) is -0.496. The number of halogens is 2. The van der Waals surface area contributed by atoms with Crippen molar-refractivity contribution in [2.75, 3.05) is 30.4 Å². The highest BCUT2D eigenvalue weighted by molar-refractivity contribution is 7.92. The molecule has 168 valence electrons. The lowest BCUT2D eigenvalue weighted by Gasteiger charge is -2.24. The van der Waals surface area contributed by atoms with Crippen LogP contribution >= 0.6 is 23.2 Å². The van der Waals surface area contributed by atoms with Gasteiger partial charge in [-0.25, -0.2) is 8.42 Å². The lowest BCUT2D eigenvalue weighted by molar-refractivity contribution is -0.114. The second-order valence-corrected chi connectivity index (χ2v) is 9.22. The van der Waals surface area contributed by atoms with Gasteiger partial charge in [0.1, 0.15) is 18.0 Å². The molecule has 3 aromatic rings. The molecule has 0 aliphatic rings. The number of methoxy groups -OCH3 is 2. The number of nitrogens with zero attached hydrogens (tertiary/aromatic N) is 1. The van der Waals surface area contributed by atoms with Gasteiger partial charge in [-0.15, -0.1) is 0 Å². The largest absolute Gasteiger partial charge is 0.495 e. The van der Waals surface area contributed by atoms with E-state index in [-0.39, 0.29) is 15.6 Å². The van der Waals surface area contributed by atoms with Crippen LogP contribution in [0.25, 0.3) is 0 Å². The van der Waals surface area contributed by atoms with E-state index >= 15 is 0 Å².